The molecule has 1 aromatic carbocycles. The number of hydrogen-bond donors (Lipinski definition) is 0. The van der Waals surface area contributed by atoms with Crippen LogP contribution in [0.3, 0.4) is 0 Å². The van der Waals surface area contributed by atoms with E-state index in [2.05, 4.69) is 57.4 Å². The molecule has 7 heteroatoms. The van der Waals surface area contributed by atoms with Crippen molar-refractivity contribution in [3.8, 4) is 10.4 Å². The number of aryl methyl sites for hydroxylation is 1. The molecule has 0 amide bonds. The van der Waals surface area contributed by atoms with Crippen molar-refractivity contribution < 1.29 is 0 Å². The first kappa shape index (κ1) is 17.6. The van der Waals surface area contributed by atoms with E-state index in [-0.39, 0.29) is 0 Å². The molecule has 0 unspecified atom stereocenters. The molecule has 1 aliphatic heterocycles. The summed E-state index contributed by atoms with van der Waals surface area (Å²) in [5, 5.41) is 4.35. The Balaban J connectivity index is 1.31. The summed E-state index contributed by atoms with van der Waals surface area (Å²) in [5.74, 6) is 0. The third kappa shape index (κ3) is 3.96. The van der Waals surface area contributed by atoms with Crippen LogP contribution in [0.15, 0.2) is 48.8 Å². The molecule has 2 aromatic heterocycles. The molecule has 1 aliphatic rings. The highest BCUT2D eigenvalue weighted by Gasteiger charge is 2.18. The molecule has 5 nitrogen and oxygen atoms in total. The normalized spacial score (nSPS) is 16.2. The molecule has 1 fully saturated rings. The Morgan fingerprint density at radius 2 is 1.73 bits per heavy atom. The fourth-order valence-electron chi connectivity index (χ4n) is 3.24. The van der Waals surface area contributed by atoms with Gasteiger partial charge < -0.3 is 4.57 Å². The van der Waals surface area contributed by atoms with Gasteiger partial charge in [-0.05, 0) is 29.9 Å². The molecule has 3 heterocycles. The summed E-state index contributed by atoms with van der Waals surface area (Å²) >= 11 is 7.28. The average molecular weight is 386 g/mol. The number of aromatic nitrogens is 3. The summed E-state index contributed by atoms with van der Waals surface area (Å²) in [6, 6.07) is 15.1. The SMILES string of the molecule is Cn1cnn(CN2CCN(Cc3ccc(-c4ccccc4)s3)CC2)c1=S. The van der Waals surface area contributed by atoms with Crippen molar-refractivity contribution in [1.29, 1.82) is 0 Å². The maximum Gasteiger partial charge on any atom is 0.198 e. The molecular weight excluding hydrogens is 362 g/mol. The molecule has 0 radical (unpaired) electrons. The number of piperazine rings is 1. The maximum atomic E-state index is 5.38. The van der Waals surface area contributed by atoms with Crippen LogP contribution < -0.4 is 0 Å². The predicted octanol–water partition coefficient (Wildman–Crippen LogP) is 3.45. The molecule has 0 saturated carbocycles. The van der Waals surface area contributed by atoms with Crippen molar-refractivity contribution in [3.05, 3.63) is 58.4 Å². The minimum absolute atomic E-state index is 0.777. The average Bonchev–Trinajstić information content (AvgIpc) is 3.26. The molecule has 136 valence electrons. The van der Waals surface area contributed by atoms with Gasteiger partial charge in [-0.1, -0.05) is 30.3 Å². The lowest BCUT2D eigenvalue weighted by Crippen LogP contribution is -2.46. The van der Waals surface area contributed by atoms with E-state index in [1.54, 1.807) is 6.33 Å². The minimum Gasteiger partial charge on any atom is -0.310 e. The summed E-state index contributed by atoms with van der Waals surface area (Å²) < 4.78 is 4.56. The molecular formula is C19H23N5S2. The topological polar surface area (TPSA) is 29.2 Å². The number of benzene rings is 1. The van der Waals surface area contributed by atoms with Crippen molar-refractivity contribution in [2.24, 2.45) is 7.05 Å². The van der Waals surface area contributed by atoms with Crippen LogP contribution in [0.1, 0.15) is 4.88 Å². The van der Waals surface area contributed by atoms with E-state index in [9.17, 15) is 0 Å². The van der Waals surface area contributed by atoms with E-state index in [1.807, 2.05) is 27.6 Å². The molecule has 0 aliphatic carbocycles. The van der Waals surface area contributed by atoms with Crippen LogP contribution in [0, 0.1) is 4.77 Å². The molecule has 1 saturated heterocycles. The lowest BCUT2D eigenvalue weighted by molar-refractivity contribution is 0.0987. The van der Waals surface area contributed by atoms with Gasteiger partial charge in [0.1, 0.15) is 6.33 Å². The van der Waals surface area contributed by atoms with Crippen molar-refractivity contribution in [2.45, 2.75) is 13.2 Å². The highest BCUT2D eigenvalue weighted by atomic mass is 32.1. The Kier molecular flexibility index (Phi) is 5.31. The van der Waals surface area contributed by atoms with Gasteiger partial charge in [0.2, 0.25) is 0 Å². The Morgan fingerprint density at radius 3 is 2.42 bits per heavy atom. The van der Waals surface area contributed by atoms with Crippen LogP contribution in [0.2, 0.25) is 0 Å². The van der Waals surface area contributed by atoms with E-state index in [1.165, 1.54) is 15.3 Å². The second-order valence-electron chi connectivity index (χ2n) is 6.69. The monoisotopic (exact) mass is 385 g/mol. The third-order valence-electron chi connectivity index (χ3n) is 4.79. The first-order valence-electron chi connectivity index (χ1n) is 8.86. The van der Waals surface area contributed by atoms with E-state index in [0.717, 1.165) is 44.2 Å². The fraction of sp³-hybridized carbons (Fsp3) is 0.368. The molecule has 0 N–H and O–H groups in total. The Morgan fingerprint density at radius 1 is 1.00 bits per heavy atom. The maximum absolute atomic E-state index is 5.38. The Labute approximate surface area is 163 Å². The fourth-order valence-corrected chi connectivity index (χ4v) is 4.44. The van der Waals surface area contributed by atoms with Crippen LogP contribution in [-0.2, 0) is 20.3 Å². The largest absolute Gasteiger partial charge is 0.310 e. The minimum atomic E-state index is 0.777. The van der Waals surface area contributed by atoms with Gasteiger partial charge in [0.15, 0.2) is 4.77 Å². The first-order valence-corrected chi connectivity index (χ1v) is 10.1. The van der Waals surface area contributed by atoms with Crippen LogP contribution in [0.5, 0.6) is 0 Å². The highest BCUT2D eigenvalue weighted by molar-refractivity contribution is 7.71. The summed E-state index contributed by atoms with van der Waals surface area (Å²) in [5.41, 5.74) is 1.31. The standard InChI is InChI=1S/C19H23N5S2/c1-21-14-20-24(19(21)25)15-23-11-9-22(10-12-23)13-17-7-8-18(26-17)16-5-3-2-4-6-16/h2-8,14H,9-13,15H2,1H3. The van der Waals surface area contributed by atoms with Gasteiger partial charge in [0, 0.05) is 49.5 Å². The van der Waals surface area contributed by atoms with Gasteiger partial charge in [0.25, 0.3) is 0 Å². The van der Waals surface area contributed by atoms with Gasteiger partial charge in [-0.3, -0.25) is 9.80 Å². The number of nitrogens with zero attached hydrogens (tertiary/aromatic N) is 5. The molecule has 0 bridgehead atoms. The zero-order valence-electron chi connectivity index (χ0n) is 14.9. The third-order valence-corrected chi connectivity index (χ3v) is 6.40. The molecule has 3 aromatic rings. The smallest absolute Gasteiger partial charge is 0.198 e. The summed E-state index contributed by atoms with van der Waals surface area (Å²) in [4.78, 5) is 7.74. The van der Waals surface area contributed by atoms with Crippen LogP contribution in [0.25, 0.3) is 10.4 Å². The zero-order chi connectivity index (χ0) is 17.9. The molecule has 26 heavy (non-hydrogen) atoms. The second kappa shape index (κ2) is 7.84. The van der Waals surface area contributed by atoms with Crippen LogP contribution >= 0.6 is 23.6 Å². The Bertz CT molecular complexity index is 903. The lowest BCUT2D eigenvalue weighted by atomic mass is 10.2. The van der Waals surface area contributed by atoms with E-state index < -0.39 is 0 Å². The summed E-state index contributed by atoms with van der Waals surface area (Å²) in [6.45, 7) is 6.08. The van der Waals surface area contributed by atoms with Crippen molar-refractivity contribution in [2.75, 3.05) is 26.2 Å². The lowest BCUT2D eigenvalue weighted by Gasteiger charge is -2.34. The Hall–Kier alpha value is -1.80. The van der Waals surface area contributed by atoms with Gasteiger partial charge in [-0.15, -0.1) is 11.3 Å². The van der Waals surface area contributed by atoms with Gasteiger partial charge in [-0.25, -0.2) is 4.68 Å². The van der Waals surface area contributed by atoms with Crippen molar-refractivity contribution >= 4 is 23.6 Å². The van der Waals surface area contributed by atoms with E-state index in [0.29, 0.717) is 0 Å². The zero-order valence-corrected chi connectivity index (χ0v) is 16.5. The molecule has 0 spiro atoms. The van der Waals surface area contributed by atoms with Crippen molar-refractivity contribution in [3.63, 3.8) is 0 Å². The summed E-state index contributed by atoms with van der Waals surface area (Å²) in [7, 11) is 1.94. The summed E-state index contributed by atoms with van der Waals surface area (Å²) in [6.07, 6.45) is 1.78. The molecule has 0 atom stereocenters. The molecule has 4 rings (SSSR count). The quantitative estimate of drug-likeness (QED) is 0.629. The van der Waals surface area contributed by atoms with Crippen molar-refractivity contribution in [1.82, 2.24) is 24.1 Å². The van der Waals surface area contributed by atoms with Gasteiger partial charge in [-0.2, -0.15) is 5.10 Å². The van der Waals surface area contributed by atoms with Crippen LogP contribution in [-0.4, -0.2) is 50.3 Å². The highest BCUT2D eigenvalue weighted by Crippen LogP contribution is 2.28. The number of hydrogen-bond acceptors (Lipinski definition) is 5. The van der Waals surface area contributed by atoms with Crippen LogP contribution in [0.4, 0.5) is 0 Å². The number of rotatable bonds is 5. The van der Waals surface area contributed by atoms with Gasteiger partial charge in [0.05, 0.1) is 6.67 Å². The van der Waals surface area contributed by atoms with Gasteiger partial charge >= 0.3 is 0 Å². The van der Waals surface area contributed by atoms with E-state index in [4.69, 9.17) is 12.2 Å². The van der Waals surface area contributed by atoms with E-state index >= 15 is 0 Å². The predicted molar refractivity (Wildman–Crippen MR) is 109 cm³/mol. The first-order chi connectivity index (χ1) is 12.7. The second-order valence-corrected chi connectivity index (χ2v) is 8.23. The number of thiophene rings is 1.